The first kappa shape index (κ1) is 101. The van der Waals surface area contributed by atoms with Crippen molar-refractivity contribution >= 4 is 39.5 Å². The van der Waals surface area contributed by atoms with E-state index in [1.165, 1.54) is 64.2 Å². The molecule has 0 amide bonds. The van der Waals surface area contributed by atoms with Crippen molar-refractivity contribution in [3.8, 4) is 0 Å². The summed E-state index contributed by atoms with van der Waals surface area (Å²) in [6.45, 7) is 4.39. The van der Waals surface area contributed by atoms with Gasteiger partial charge in [0, 0.05) is 19.3 Å². The molecular weight excluding hydrogens is 1380 g/mol. The first-order chi connectivity index (χ1) is 51.7. The summed E-state index contributed by atoms with van der Waals surface area (Å²) in [6, 6.07) is 0. The number of rotatable bonds is 75. The Labute approximate surface area is 642 Å². The molecule has 3 N–H and O–H groups in total. The molecule has 0 saturated carbocycles. The number of hydrogen-bond donors (Lipinski definition) is 3. The van der Waals surface area contributed by atoms with Crippen molar-refractivity contribution in [3.63, 3.8) is 0 Å². The molecule has 0 rings (SSSR count). The van der Waals surface area contributed by atoms with Gasteiger partial charge in [-0.1, -0.05) is 314 Å². The van der Waals surface area contributed by atoms with Crippen molar-refractivity contribution < 1.29 is 80.2 Å². The van der Waals surface area contributed by atoms with Gasteiger partial charge in [-0.3, -0.25) is 37.3 Å². The Morgan fingerprint density at radius 2 is 0.528 bits per heavy atom. The fourth-order valence-corrected chi connectivity index (χ4v) is 12.0. The van der Waals surface area contributed by atoms with E-state index in [4.69, 9.17) is 37.0 Å². The van der Waals surface area contributed by atoms with Crippen molar-refractivity contribution in [3.05, 3.63) is 158 Å². The summed E-state index contributed by atoms with van der Waals surface area (Å²) in [4.78, 5) is 73.0. The second kappa shape index (κ2) is 77.8. The fourth-order valence-electron chi connectivity index (χ4n) is 10.5. The molecule has 0 aliphatic carbocycles. The largest absolute Gasteiger partial charge is 0.472 e. The fraction of sp³-hybridized carbons (Fsp3) is 0.655. The van der Waals surface area contributed by atoms with Gasteiger partial charge in [-0.15, -0.1) is 0 Å². The standard InChI is InChI=1S/C87H144O17P2/c1-5-9-13-17-21-25-29-33-37-39-40-42-46-48-52-56-60-64-68-72-85(90)98-78-83(104-87(92)74-70-66-62-58-54-50-44-36-32-28-24-20-16-12-8-4)80-102-106(95,96)100-76-81(88)75-99-105(93,94)101-79-82(103-86(91)73-69-65-61-57-53-49-43-35-31-27-23-19-15-11-7-3)77-97-84(89)71-67-63-59-55-51-47-45-41-38-34-30-26-22-18-14-10-6-2/h9-10,12-14,16,21-22,24-26,28,33-34,36-38,40,42,44-45,47,54,58,66,70,81-83,88H,5-8,11,15,17-20,23,27,29-32,35,39,41,43,46,48-53,55-57,59-65,67-69,71-80H2,1-4H3,(H,93,94)(H,95,96)/b13-9-,14-10-,16-12-,25-21-,26-22-,28-24-,37-33-,38-34-,42-40-,44-36-,47-45-,58-54-,70-66-. The first-order valence-corrected chi connectivity index (χ1v) is 43.7. The van der Waals surface area contributed by atoms with Gasteiger partial charge in [-0.2, -0.15) is 0 Å². The first-order valence-electron chi connectivity index (χ1n) is 40.7. The van der Waals surface area contributed by atoms with E-state index in [-0.39, 0.29) is 25.7 Å². The Hall–Kier alpha value is -5.32. The number of allylic oxidation sites excluding steroid dienone is 25. The van der Waals surface area contributed by atoms with Crippen molar-refractivity contribution in [1.82, 2.24) is 0 Å². The van der Waals surface area contributed by atoms with E-state index >= 15 is 0 Å². The second-order valence-corrected chi connectivity index (χ2v) is 29.5. The maximum atomic E-state index is 13.1. The number of phosphoric acid groups is 2. The predicted octanol–water partition coefficient (Wildman–Crippen LogP) is 24.0. The highest BCUT2D eigenvalue weighted by Gasteiger charge is 2.30. The normalized spacial score (nSPS) is 14.7. The number of carbonyl (C=O) groups is 4. The third-order valence-corrected chi connectivity index (χ3v) is 18.4. The molecule has 0 aromatic rings. The molecule has 5 atom stereocenters. The molecule has 0 spiro atoms. The van der Waals surface area contributed by atoms with Crippen molar-refractivity contribution in [2.75, 3.05) is 39.6 Å². The molecule has 19 heteroatoms. The van der Waals surface area contributed by atoms with Crippen LogP contribution in [-0.4, -0.2) is 96.7 Å². The summed E-state index contributed by atoms with van der Waals surface area (Å²) in [5.74, 6) is -2.37. The number of carbonyl (C=O) groups excluding carboxylic acids is 4. The number of esters is 4. The van der Waals surface area contributed by atoms with Crippen LogP contribution in [0.3, 0.4) is 0 Å². The van der Waals surface area contributed by atoms with Crippen LogP contribution in [0, 0.1) is 0 Å². The molecule has 0 radical (unpaired) electrons. The number of aliphatic hydroxyl groups is 1. The molecule has 0 bridgehead atoms. The minimum atomic E-state index is -5.01. The Kier molecular flexibility index (Phi) is 73.9. The average Bonchev–Trinajstić information content (AvgIpc) is 0.902. The van der Waals surface area contributed by atoms with Crippen LogP contribution in [0.2, 0.25) is 0 Å². The predicted molar refractivity (Wildman–Crippen MR) is 436 cm³/mol. The van der Waals surface area contributed by atoms with Crippen molar-refractivity contribution in [2.24, 2.45) is 0 Å². The van der Waals surface area contributed by atoms with Gasteiger partial charge in [0.25, 0.3) is 0 Å². The Balaban J connectivity index is 5.45. The number of hydrogen-bond acceptors (Lipinski definition) is 15. The van der Waals surface area contributed by atoms with Crippen LogP contribution < -0.4 is 0 Å². The van der Waals surface area contributed by atoms with Crippen molar-refractivity contribution in [2.45, 2.75) is 329 Å². The van der Waals surface area contributed by atoms with E-state index < -0.39 is 97.5 Å². The zero-order valence-electron chi connectivity index (χ0n) is 66.1. The van der Waals surface area contributed by atoms with Crippen LogP contribution in [0.1, 0.15) is 310 Å². The van der Waals surface area contributed by atoms with Gasteiger partial charge in [0.1, 0.15) is 19.3 Å². The highest BCUT2D eigenvalue weighted by molar-refractivity contribution is 7.47. The molecule has 0 saturated heterocycles. The van der Waals surface area contributed by atoms with Crippen LogP contribution in [-0.2, 0) is 65.4 Å². The topological polar surface area (TPSA) is 237 Å². The number of phosphoric ester groups is 2. The zero-order valence-corrected chi connectivity index (χ0v) is 67.8. The van der Waals surface area contributed by atoms with Crippen LogP contribution in [0.15, 0.2) is 158 Å². The average molecular weight is 1520 g/mol. The molecule has 604 valence electrons. The summed E-state index contributed by atoms with van der Waals surface area (Å²) >= 11 is 0. The Morgan fingerprint density at radius 1 is 0.283 bits per heavy atom. The van der Waals surface area contributed by atoms with E-state index in [9.17, 15) is 43.2 Å². The van der Waals surface area contributed by atoms with E-state index in [2.05, 4.69) is 161 Å². The van der Waals surface area contributed by atoms with Crippen LogP contribution in [0.4, 0.5) is 0 Å². The summed E-state index contributed by atoms with van der Waals surface area (Å²) in [6.07, 6.45) is 91.0. The lowest BCUT2D eigenvalue weighted by Crippen LogP contribution is -2.30. The lowest BCUT2D eigenvalue weighted by Gasteiger charge is -2.21. The SMILES string of the molecule is CC/C=C\C/C=C\C/C=C\C/C=C\C/C=C\CC(=O)OC(COC(=O)CCCCCCCC/C=C\C/C=C\C/C=C\C/C=C\CC)COP(=O)(O)OCC(O)COP(=O)(O)OCC(COC(=O)CCCCCC/C=C\C/C=C\C/C=C\C/C=C\CC)OC(=O)CCCCCCCCCCCCCCCCC. The Bertz CT molecular complexity index is 2630. The van der Waals surface area contributed by atoms with Gasteiger partial charge in [-0.05, 0) is 128 Å². The van der Waals surface area contributed by atoms with Gasteiger partial charge >= 0.3 is 39.5 Å². The molecule has 106 heavy (non-hydrogen) atoms. The van der Waals surface area contributed by atoms with Crippen molar-refractivity contribution in [1.29, 1.82) is 0 Å². The van der Waals surface area contributed by atoms with Gasteiger partial charge < -0.3 is 33.8 Å². The third-order valence-electron chi connectivity index (χ3n) is 16.5. The monoisotopic (exact) mass is 1520 g/mol. The summed E-state index contributed by atoms with van der Waals surface area (Å²) in [7, 11) is -10.0. The van der Waals surface area contributed by atoms with E-state index in [1.54, 1.807) is 12.2 Å². The van der Waals surface area contributed by atoms with Gasteiger partial charge in [0.05, 0.1) is 32.8 Å². The van der Waals surface area contributed by atoms with E-state index in [0.717, 1.165) is 167 Å². The minimum Gasteiger partial charge on any atom is -0.462 e. The highest BCUT2D eigenvalue weighted by Crippen LogP contribution is 2.45. The lowest BCUT2D eigenvalue weighted by molar-refractivity contribution is -0.161. The molecule has 0 aliphatic rings. The zero-order chi connectivity index (χ0) is 77.4. The molecule has 0 aromatic carbocycles. The maximum absolute atomic E-state index is 13.1. The van der Waals surface area contributed by atoms with E-state index in [0.29, 0.717) is 25.7 Å². The second-order valence-electron chi connectivity index (χ2n) is 26.6. The summed E-state index contributed by atoms with van der Waals surface area (Å²) < 4.78 is 68.5. The van der Waals surface area contributed by atoms with Gasteiger partial charge in [0.2, 0.25) is 0 Å². The third kappa shape index (κ3) is 76.9. The number of ether oxygens (including phenoxy) is 4. The maximum Gasteiger partial charge on any atom is 0.472 e. The molecule has 0 aliphatic heterocycles. The van der Waals surface area contributed by atoms with Crippen LogP contribution in [0.25, 0.3) is 0 Å². The molecule has 17 nitrogen and oxygen atoms in total. The molecule has 0 heterocycles. The number of unbranched alkanes of at least 4 members (excludes halogenated alkanes) is 24. The number of aliphatic hydroxyl groups excluding tert-OH is 1. The molecular formula is C87H144O17P2. The smallest absolute Gasteiger partial charge is 0.462 e. The molecule has 0 fully saturated rings. The van der Waals surface area contributed by atoms with E-state index in [1.807, 2.05) is 12.2 Å². The lowest BCUT2D eigenvalue weighted by atomic mass is 10.0. The summed E-state index contributed by atoms with van der Waals surface area (Å²) in [5, 5.41) is 10.6. The minimum absolute atomic E-state index is 0.0858. The summed E-state index contributed by atoms with van der Waals surface area (Å²) in [5.41, 5.74) is 0. The van der Waals surface area contributed by atoms with Gasteiger partial charge in [-0.25, -0.2) is 9.13 Å². The van der Waals surface area contributed by atoms with Gasteiger partial charge in [0.15, 0.2) is 12.2 Å². The molecule has 5 unspecified atom stereocenters. The molecule has 0 aromatic heterocycles. The van der Waals surface area contributed by atoms with Crippen LogP contribution in [0.5, 0.6) is 0 Å². The Morgan fingerprint density at radius 3 is 0.840 bits per heavy atom. The highest BCUT2D eigenvalue weighted by atomic mass is 31.2. The van der Waals surface area contributed by atoms with Crippen LogP contribution >= 0.6 is 15.6 Å². The quantitative estimate of drug-likeness (QED) is 0.0169.